The lowest BCUT2D eigenvalue weighted by Crippen LogP contribution is -2.54. The molecule has 0 bridgehead atoms. The van der Waals surface area contributed by atoms with Crippen LogP contribution in [0.1, 0.15) is 48.5 Å². The minimum absolute atomic E-state index is 0.0664. The highest BCUT2D eigenvalue weighted by Gasteiger charge is 2.40. The van der Waals surface area contributed by atoms with E-state index in [1.807, 2.05) is 59.8 Å². The van der Waals surface area contributed by atoms with Crippen molar-refractivity contribution in [2.75, 3.05) is 20.3 Å². The van der Waals surface area contributed by atoms with Gasteiger partial charge in [-0.05, 0) is 52.8 Å². The summed E-state index contributed by atoms with van der Waals surface area (Å²) in [6.07, 6.45) is 2.05. The molecule has 3 atom stereocenters. The Morgan fingerprint density at radius 1 is 1.23 bits per heavy atom. The summed E-state index contributed by atoms with van der Waals surface area (Å²) in [5.41, 5.74) is 1.64. The molecule has 0 spiro atoms. The molecule has 0 fully saturated rings. The fraction of sp³-hybridized carbons (Fsp3) is 0.414. The van der Waals surface area contributed by atoms with Crippen molar-refractivity contribution in [2.45, 2.75) is 57.4 Å². The summed E-state index contributed by atoms with van der Waals surface area (Å²) in [5.74, 6) is 0.0843. The molecule has 2 aromatic rings. The Morgan fingerprint density at radius 2 is 1.97 bits per heavy atom. The van der Waals surface area contributed by atoms with Crippen molar-refractivity contribution >= 4 is 40.7 Å². The monoisotopic (exact) mass is 650 g/mol. The number of amides is 2. The van der Waals surface area contributed by atoms with E-state index in [0.29, 0.717) is 45.3 Å². The number of hydrogen-bond acceptors (Lipinski definition) is 7. The molecule has 10 heteroatoms. The fourth-order valence-corrected chi connectivity index (χ4v) is 5.23. The maximum Gasteiger partial charge on any atom is 0.247 e. The number of carbonyl (C=O) groups excluding carboxylic acids is 3. The van der Waals surface area contributed by atoms with Gasteiger partial charge in [0.05, 0.1) is 23.3 Å². The van der Waals surface area contributed by atoms with Crippen LogP contribution in [0.3, 0.4) is 0 Å². The zero-order chi connectivity index (χ0) is 28.4. The van der Waals surface area contributed by atoms with Crippen molar-refractivity contribution in [1.29, 1.82) is 0 Å². The lowest BCUT2D eigenvalue weighted by atomic mass is 9.87. The lowest BCUT2D eigenvalue weighted by Gasteiger charge is -2.41. The number of hydrogen-bond donors (Lipinski definition) is 3. The van der Waals surface area contributed by atoms with Gasteiger partial charge in [-0.15, -0.1) is 0 Å². The number of benzene rings is 2. The van der Waals surface area contributed by atoms with E-state index in [1.54, 1.807) is 17.0 Å². The quantitative estimate of drug-likeness (QED) is 0.225. The molecule has 0 aliphatic heterocycles. The van der Waals surface area contributed by atoms with E-state index < -0.39 is 24.2 Å². The second-order valence-corrected chi connectivity index (χ2v) is 10.4. The van der Waals surface area contributed by atoms with Gasteiger partial charge in [-0.2, -0.15) is 0 Å². The summed E-state index contributed by atoms with van der Waals surface area (Å²) >= 11 is 2.02. The fourth-order valence-electron chi connectivity index (χ4n) is 4.48. The molecule has 0 aromatic heterocycles. The van der Waals surface area contributed by atoms with Crippen molar-refractivity contribution in [2.24, 2.45) is 0 Å². The van der Waals surface area contributed by atoms with Gasteiger partial charge in [-0.1, -0.05) is 43.7 Å². The molecular weight excluding hydrogens is 615 g/mol. The maximum absolute atomic E-state index is 13.5. The van der Waals surface area contributed by atoms with E-state index in [-0.39, 0.29) is 32.0 Å². The number of aliphatic hydroxyl groups excluding tert-OH is 2. The van der Waals surface area contributed by atoms with Gasteiger partial charge in [0.25, 0.3) is 0 Å². The number of rotatable bonds is 13. The van der Waals surface area contributed by atoms with E-state index >= 15 is 0 Å². The van der Waals surface area contributed by atoms with Crippen LogP contribution in [0, 0.1) is 3.57 Å². The molecule has 1 aliphatic rings. The van der Waals surface area contributed by atoms with Crippen LogP contribution in [0.2, 0.25) is 0 Å². The van der Waals surface area contributed by atoms with Gasteiger partial charge in [0.2, 0.25) is 11.8 Å². The minimum atomic E-state index is -1.17. The van der Waals surface area contributed by atoms with Crippen molar-refractivity contribution in [3.63, 3.8) is 0 Å². The largest absolute Gasteiger partial charge is 0.493 e. The molecule has 0 saturated carbocycles. The van der Waals surface area contributed by atoms with Crippen molar-refractivity contribution in [1.82, 2.24) is 10.2 Å². The first-order valence-corrected chi connectivity index (χ1v) is 14.0. The molecule has 2 aromatic carbocycles. The molecule has 0 radical (unpaired) electrons. The van der Waals surface area contributed by atoms with Gasteiger partial charge in [0.15, 0.2) is 11.5 Å². The highest BCUT2D eigenvalue weighted by molar-refractivity contribution is 14.1. The van der Waals surface area contributed by atoms with Gasteiger partial charge in [0.1, 0.15) is 18.5 Å². The molecule has 1 aliphatic carbocycles. The standard InChI is InChI=1S/C29H35IN2O7/c1-3-4-10-26(35)32(17-19-8-6-5-7-9-19)23-15-21(29(37)31-11-12-33)16-24(27(23)36)39-28-22(30)13-20(18-34)14-25(28)38-2/h5-9,13-14,16,18,23-24,27,33,36H,3-4,10-12,15,17H2,1-2H3,(H,31,37). The Labute approximate surface area is 242 Å². The van der Waals surface area contributed by atoms with E-state index in [4.69, 9.17) is 9.47 Å². The van der Waals surface area contributed by atoms with Crippen molar-refractivity contribution < 1.29 is 34.1 Å². The average Bonchev–Trinajstić information content (AvgIpc) is 2.95. The highest BCUT2D eigenvalue weighted by atomic mass is 127. The molecular formula is C29H35IN2O7. The number of aldehydes is 1. The first-order chi connectivity index (χ1) is 18.8. The molecule has 0 heterocycles. The highest BCUT2D eigenvalue weighted by Crippen LogP contribution is 2.37. The summed E-state index contributed by atoms with van der Waals surface area (Å²) in [6.45, 7) is 2.11. The molecule has 210 valence electrons. The second-order valence-electron chi connectivity index (χ2n) is 9.28. The number of nitrogens with one attached hydrogen (secondary N) is 1. The van der Waals surface area contributed by atoms with Crippen LogP contribution in [0.4, 0.5) is 0 Å². The summed E-state index contributed by atoms with van der Waals surface area (Å²) < 4.78 is 12.3. The zero-order valence-electron chi connectivity index (χ0n) is 22.1. The van der Waals surface area contributed by atoms with E-state index in [9.17, 15) is 24.6 Å². The van der Waals surface area contributed by atoms with Gasteiger partial charge in [-0.25, -0.2) is 0 Å². The predicted molar refractivity (Wildman–Crippen MR) is 155 cm³/mol. The van der Waals surface area contributed by atoms with Crippen molar-refractivity contribution in [3.05, 3.63) is 68.8 Å². The zero-order valence-corrected chi connectivity index (χ0v) is 24.3. The summed E-state index contributed by atoms with van der Waals surface area (Å²) in [7, 11) is 1.45. The second kappa shape index (κ2) is 15.0. The first kappa shape index (κ1) is 30.6. The topological polar surface area (TPSA) is 125 Å². The van der Waals surface area contributed by atoms with Gasteiger partial charge in [-0.3, -0.25) is 14.4 Å². The van der Waals surface area contributed by atoms with E-state index in [2.05, 4.69) is 5.32 Å². The molecule has 39 heavy (non-hydrogen) atoms. The van der Waals surface area contributed by atoms with Crippen LogP contribution in [-0.4, -0.2) is 71.7 Å². The Hall–Kier alpha value is -2.96. The minimum Gasteiger partial charge on any atom is -0.493 e. The van der Waals surface area contributed by atoms with Gasteiger partial charge < -0.3 is 29.9 Å². The number of nitrogens with zero attached hydrogens (tertiary/aromatic N) is 1. The van der Waals surface area contributed by atoms with Crippen LogP contribution >= 0.6 is 22.6 Å². The third-order valence-electron chi connectivity index (χ3n) is 6.52. The number of halogens is 1. The molecule has 2 amide bonds. The third-order valence-corrected chi connectivity index (χ3v) is 7.32. The van der Waals surface area contributed by atoms with Crippen LogP contribution in [0.5, 0.6) is 11.5 Å². The van der Waals surface area contributed by atoms with E-state index in [1.165, 1.54) is 13.2 Å². The normalized spacial score (nSPS) is 18.6. The van der Waals surface area contributed by atoms with Crippen LogP contribution in [-0.2, 0) is 16.1 Å². The van der Waals surface area contributed by atoms with Crippen LogP contribution in [0.25, 0.3) is 0 Å². The molecule has 9 nitrogen and oxygen atoms in total. The number of aliphatic hydroxyl groups is 2. The van der Waals surface area contributed by atoms with Crippen molar-refractivity contribution in [3.8, 4) is 11.5 Å². The molecule has 0 saturated heterocycles. The molecule has 3 unspecified atom stereocenters. The predicted octanol–water partition coefficient (Wildman–Crippen LogP) is 3.25. The number of methoxy groups -OCH3 is 1. The Bertz CT molecular complexity index is 1170. The number of carbonyl (C=O) groups is 3. The maximum atomic E-state index is 13.5. The van der Waals surface area contributed by atoms with Gasteiger partial charge >= 0.3 is 0 Å². The van der Waals surface area contributed by atoms with Crippen LogP contribution in [0.15, 0.2) is 54.1 Å². The summed E-state index contributed by atoms with van der Waals surface area (Å²) in [6, 6.07) is 11.9. The Morgan fingerprint density at radius 3 is 2.62 bits per heavy atom. The SMILES string of the molecule is CCCCC(=O)N(Cc1ccccc1)C1CC(C(=O)NCCO)=CC(Oc2c(I)cc(C=O)cc2OC)C1O. The number of ether oxygens (including phenoxy) is 2. The lowest BCUT2D eigenvalue weighted by molar-refractivity contribution is -0.139. The summed E-state index contributed by atoms with van der Waals surface area (Å²) in [5, 5.41) is 23.5. The van der Waals surface area contributed by atoms with E-state index in [0.717, 1.165) is 12.0 Å². The smallest absolute Gasteiger partial charge is 0.247 e. The molecule has 3 N–H and O–H groups in total. The Balaban J connectivity index is 2.02. The Kier molecular flexibility index (Phi) is 11.8. The average molecular weight is 651 g/mol. The first-order valence-electron chi connectivity index (χ1n) is 12.9. The van der Waals surface area contributed by atoms with Gasteiger partial charge in [0, 0.05) is 37.1 Å². The third kappa shape index (κ3) is 8.02. The summed E-state index contributed by atoms with van der Waals surface area (Å²) in [4.78, 5) is 39.4. The number of unbranched alkanes of at least 4 members (excludes halogenated alkanes) is 1. The molecule has 3 rings (SSSR count). The van der Waals surface area contributed by atoms with Crippen LogP contribution < -0.4 is 14.8 Å².